The number of alkyl halides is 2. The number of thiophene rings is 1. The molecule has 0 aliphatic rings. The van der Waals surface area contributed by atoms with Crippen LogP contribution in [0.4, 0.5) is 8.78 Å². The zero-order chi connectivity index (χ0) is 13.1. The summed E-state index contributed by atoms with van der Waals surface area (Å²) in [5.41, 5.74) is 0.126. The summed E-state index contributed by atoms with van der Waals surface area (Å²) in [5, 5.41) is 1.74. The van der Waals surface area contributed by atoms with Crippen molar-refractivity contribution >= 4 is 33.0 Å². The van der Waals surface area contributed by atoms with Gasteiger partial charge in [-0.05, 0) is 39.5 Å². The summed E-state index contributed by atoms with van der Waals surface area (Å²) in [7, 11) is 0. The molecule has 6 heteroatoms. The van der Waals surface area contributed by atoms with Crippen molar-refractivity contribution in [3.8, 4) is 5.75 Å². The number of ether oxygens (including phenoxy) is 1. The van der Waals surface area contributed by atoms with Crippen molar-refractivity contribution in [2.75, 3.05) is 0 Å². The van der Waals surface area contributed by atoms with Gasteiger partial charge < -0.3 is 4.74 Å². The predicted molar refractivity (Wildman–Crippen MR) is 68.5 cm³/mol. The lowest BCUT2D eigenvalue weighted by Crippen LogP contribution is -2.08. The van der Waals surface area contributed by atoms with E-state index in [1.165, 1.54) is 29.5 Å². The molecule has 0 bridgehead atoms. The first kappa shape index (κ1) is 13.2. The maximum atomic E-state index is 12.2. The van der Waals surface area contributed by atoms with Crippen LogP contribution in [0.3, 0.4) is 0 Å². The van der Waals surface area contributed by atoms with E-state index in [1.54, 1.807) is 17.5 Å². The minimum Gasteiger partial charge on any atom is -0.434 e. The molecule has 0 aliphatic carbocycles. The minimum absolute atomic E-state index is 0.113. The fourth-order valence-corrected chi connectivity index (χ4v) is 2.94. The summed E-state index contributed by atoms with van der Waals surface area (Å²) in [6.07, 6.45) is 0. The Labute approximate surface area is 114 Å². The van der Waals surface area contributed by atoms with Crippen LogP contribution in [0.1, 0.15) is 15.2 Å². The highest BCUT2D eigenvalue weighted by Crippen LogP contribution is 2.29. The van der Waals surface area contributed by atoms with Crippen molar-refractivity contribution in [1.29, 1.82) is 0 Å². The van der Waals surface area contributed by atoms with Crippen molar-refractivity contribution in [2.45, 2.75) is 6.61 Å². The first-order valence-electron chi connectivity index (χ1n) is 4.91. The highest BCUT2D eigenvalue weighted by Gasteiger charge is 2.19. The van der Waals surface area contributed by atoms with Gasteiger partial charge in [-0.25, -0.2) is 0 Å². The summed E-state index contributed by atoms with van der Waals surface area (Å²) in [6, 6.07) is 7.69. The molecule has 2 nitrogen and oxygen atoms in total. The minimum atomic E-state index is -2.95. The smallest absolute Gasteiger partial charge is 0.387 e. The van der Waals surface area contributed by atoms with E-state index >= 15 is 0 Å². The Kier molecular flexibility index (Phi) is 4.08. The number of benzene rings is 1. The Hall–Kier alpha value is -1.27. The number of rotatable bonds is 4. The first-order chi connectivity index (χ1) is 8.59. The van der Waals surface area contributed by atoms with Gasteiger partial charge >= 0.3 is 6.61 Å². The van der Waals surface area contributed by atoms with E-state index in [0.717, 1.165) is 0 Å². The number of para-hydroxylation sites is 1. The monoisotopic (exact) mass is 332 g/mol. The Balaban J connectivity index is 2.39. The van der Waals surface area contributed by atoms with Gasteiger partial charge in [0.2, 0.25) is 5.78 Å². The van der Waals surface area contributed by atoms with Gasteiger partial charge in [0.25, 0.3) is 0 Å². The van der Waals surface area contributed by atoms with Crippen LogP contribution in [0, 0.1) is 0 Å². The molecule has 0 atom stereocenters. The summed E-state index contributed by atoms with van der Waals surface area (Å²) in [4.78, 5) is 12.6. The lowest BCUT2D eigenvalue weighted by atomic mass is 10.1. The van der Waals surface area contributed by atoms with Crippen LogP contribution in [0.15, 0.2) is 40.2 Å². The average molecular weight is 333 g/mol. The number of hydrogen-bond donors (Lipinski definition) is 0. The van der Waals surface area contributed by atoms with E-state index < -0.39 is 6.61 Å². The second-order valence-corrected chi connectivity index (χ2v) is 5.07. The SMILES string of the molecule is O=C(c1ccccc1OC(F)F)c1sccc1Br. The molecule has 2 rings (SSSR count). The number of ketones is 1. The van der Waals surface area contributed by atoms with Crippen molar-refractivity contribution in [3.63, 3.8) is 0 Å². The van der Waals surface area contributed by atoms with Crippen LogP contribution in [0.2, 0.25) is 0 Å². The summed E-state index contributed by atoms with van der Waals surface area (Å²) < 4.78 is 29.5. The van der Waals surface area contributed by atoms with Gasteiger partial charge in [-0.1, -0.05) is 12.1 Å². The Morgan fingerprint density at radius 1 is 1.28 bits per heavy atom. The zero-order valence-electron chi connectivity index (χ0n) is 8.90. The molecule has 0 saturated heterocycles. The number of carbonyl (C=O) groups excluding carboxylic acids is 1. The molecule has 1 heterocycles. The zero-order valence-corrected chi connectivity index (χ0v) is 11.3. The Bertz CT molecular complexity index is 569. The molecule has 0 aliphatic heterocycles. The highest BCUT2D eigenvalue weighted by molar-refractivity contribution is 9.10. The lowest BCUT2D eigenvalue weighted by Gasteiger charge is -2.09. The van der Waals surface area contributed by atoms with Crippen LogP contribution in [0.25, 0.3) is 0 Å². The summed E-state index contributed by atoms with van der Waals surface area (Å²) in [5.74, 6) is -0.453. The first-order valence-corrected chi connectivity index (χ1v) is 6.58. The van der Waals surface area contributed by atoms with E-state index in [9.17, 15) is 13.6 Å². The summed E-state index contributed by atoms with van der Waals surface area (Å²) in [6.45, 7) is -2.95. The molecule has 0 N–H and O–H groups in total. The van der Waals surface area contributed by atoms with Crippen LogP contribution in [-0.4, -0.2) is 12.4 Å². The third kappa shape index (κ3) is 2.76. The van der Waals surface area contributed by atoms with Crippen LogP contribution >= 0.6 is 27.3 Å². The molecule has 0 saturated carbocycles. The molecule has 18 heavy (non-hydrogen) atoms. The highest BCUT2D eigenvalue weighted by atomic mass is 79.9. The van der Waals surface area contributed by atoms with E-state index in [2.05, 4.69) is 20.7 Å². The molecule has 0 fully saturated rings. The van der Waals surface area contributed by atoms with Crippen molar-refractivity contribution in [1.82, 2.24) is 0 Å². The van der Waals surface area contributed by atoms with E-state index in [-0.39, 0.29) is 17.1 Å². The quantitative estimate of drug-likeness (QED) is 0.778. The molecule has 2 aromatic rings. The molecule has 94 valence electrons. The molecule has 0 spiro atoms. The normalized spacial score (nSPS) is 10.7. The molecule has 1 aromatic carbocycles. The third-order valence-corrected chi connectivity index (χ3v) is 4.01. The van der Waals surface area contributed by atoms with Crippen molar-refractivity contribution in [3.05, 3.63) is 50.6 Å². The molecular weight excluding hydrogens is 326 g/mol. The van der Waals surface area contributed by atoms with Gasteiger partial charge in [-0.3, -0.25) is 4.79 Å². The van der Waals surface area contributed by atoms with Gasteiger partial charge in [0.15, 0.2) is 0 Å². The molecular formula is C12H7BrF2O2S. The fraction of sp³-hybridized carbons (Fsp3) is 0.0833. The lowest BCUT2D eigenvalue weighted by molar-refractivity contribution is -0.0501. The maximum absolute atomic E-state index is 12.2. The standard InChI is InChI=1S/C12H7BrF2O2S/c13-8-5-6-18-11(8)10(16)7-3-1-2-4-9(7)17-12(14)15/h1-6,12H. The van der Waals surface area contributed by atoms with Gasteiger partial charge in [0.05, 0.1) is 10.4 Å². The van der Waals surface area contributed by atoms with Gasteiger partial charge in [0.1, 0.15) is 5.75 Å². The van der Waals surface area contributed by atoms with E-state index in [4.69, 9.17) is 0 Å². The third-order valence-electron chi connectivity index (χ3n) is 2.17. The second kappa shape index (κ2) is 5.58. The average Bonchev–Trinajstić information content (AvgIpc) is 2.74. The molecule has 0 radical (unpaired) electrons. The predicted octanol–water partition coefficient (Wildman–Crippen LogP) is 4.34. The molecule has 1 aromatic heterocycles. The van der Waals surface area contributed by atoms with Gasteiger partial charge in [-0.2, -0.15) is 8.78 Å². The second-order valence-electron chi connectivity index (χ2n) is 3.30. The molecule has 0 unspecified atom stereocenters. The van der Waals surface area contributed by atoms with Crippen LogP contribution < -0.4 is 4.74 Å². The van der Waals surface area contributed by atoms with E-state index in [1.807, 2.05) is 0 Å². The Morgan fingerprint density at radius 2 is 2.00 bits per heavy atom. The Morgan fingerprint density at radius 3 is 2.61 bits per heavy atom. The van der Waals surface area contributed by atoms with Crippen molar-refractivity contribution in [2.24, 2.45) is 0 Å². The van der Waals surface area contributed by atoms with Crippen LogP contribution in [0.5, 0.6) is 5.75 Å². The number of carbonyl (C=O) groups is 1. The van der Waals surface area contributed by atoms with E-state index in [0.29, 0.717) is 9.35 Å². The number of hydrogen-bond acceptors (Lipinski definition) is 3. The van der Waals surface area contributed by atoms with Crippen molar-refractivity contribution < 1.29 is 18.3 Å². The topological polar surface area (TPSA) is 26.3 Å². The molecule has 0 amide bonds. The number of halogens is 3. The summed E-state index contributed by atoms with van der Waals surface area (Å²) >= 11 is 4.48. The maximum Gasteiger partial charge on any atom is 0.387 e. The van der Waals surface area contributed by atoms with Gasteiger partial charge in [0, 0.05) is 4.47 Å². The largest absolute Gasteiger partial charge is 0.434 e. The fourth-order valence-electron chi connectivity index (χ4n) is 1.43. The van der Waals surface area contributed by atoms with Gasteiger partial charge in [-0.15, -0.1) is 11.3 Å². The van der Waals surface area contributed by atoms with Crippen LogP contribution in [-0.2, 0) is 0 Å².